The van der Waals surface area contributed by atoms with E-state index in [1.807, 2.05) is 18.2 Å². The third kappa shape index (κ3) is 3.39. The van der Waals surface area contributed by atoms with Crippen LogP contribution in [0.25, 0.3) is 6.08 Å². The number of aromatic carboxylic acids is 1. The third-order valence-electron chi connectivity index (χ3n) is 2.64. The van der Waals surface area contributed by atoms with Crippen LogP contribution in [0.15, 0.2) is 60.7 Å². The maximum atomic E-state index is 11.8. The molecule has 0 saturated carbocycles. The van der Waals surface area contributed by atoms with E-state index in [-0.39, 0.29) is 11.3 Å². The molecule has 2 aromatic rings. The molecule has 2 aromatic carbocycles. The molecule has 0 amide bonds. The van der Waals surface area contributed by atoms with Gasteiger partial charge in [0, 0.05) is 5.56 Å². The Morgan fingerprint density at radius 2 is 1.47 bits per heavy atom. The van der Waals surface area contributed by atoms with Gasteiger partial charge in [0.25, 0.3) is 0 Å². The minimum absolute atomic E-state index is 0.0806. The first-order chi connectivity index (χ1) is 9.16. The molecule has 3 nitrogen and oxygen atoms in total. The fourth-order valence-corrected chi connectivity index (χ4v) is 1.61. The van der Waals surface area contributed by atoms with Gasteiger partial charge < -0.3 is 5.11 Å². The maximum absolute atomic E-state index is 11.8. The van der Waals surface area contributed by atoms with Crippen LogP contribution >= 0.6 is 0 Å². The quantitative estimate of drug-likeness (QED) is 0.671. The first-order valence-corrected chi connectivity index (χ1v) is 5.77. The molecule has 0 unspecified atom stereocenters. The molecule has 0 bridgehead atoms. The van der Waals surface area contributed by atoms with Gasteiger partial charge in [-0.3, -0.25) is 4.79 Å². The SMILES string of the molecule is O=C(O)c1ccc(C=CC(=O)c2ccccc2)cc1. The lowest BCUT2D eigenvalue weighted by molar-refractivity contribution is 0.0696. The summed E-state index contributed by atoms with van der Waals surface area (Å²) in [4.78, 5) is 22.5. The summed E-state index contributed by atoms with van der Waals surface area (Å²) in [7, 11) is 0. The summed E-state index contributed by atoms with van der Waals surface area (Å²) in [6.07, 6.45) is 3.14. The van der Waals surface area contributed by atoms with Crippen LogP contribution in [-0.2, 0) is 0 Å². The fourth-order valence-electron chi connectivity index (χ4n) is 1.61. The van der Waals surface area contributed by atoms with Crippen molar-refractivity contribution < 1.29 is 14.7 Å². The Hall–Kier alpha value is -2.68. The van der Waals surface area contributed by atoms with E-state index in [4.69, 9.17) is 5.11 Å². The van der Waals surface area contributed by atoms with Gasteiger partial charge >= 0.3 is 5.97 Å². The van der Waals surface area contributed by atoms with E-state index in [1.54, 1.807) is 30.3 Å². The summed E-state index contributed by atoms with van der Waals surface area (Å²) in [5, 5.41) is 8.77. The Kier molecular flexibility index (Phi) is 3.88. The molecule has 0 radical (unpaired) electrons. The molecule has 1 N–H and O–H groups in total. The molecule has 0 aliphatic heterocycles. The summed E-state index contributed by atoms with van der Waals surface area (Å²) in [6, 6.07) is 15.3. The molecule has 0 atom stereocenters. The Morgan fingerprint density at radius 1 is 0.842 bits per heavy atom. The molecule has 0 heterocycles. The Balaban J connectivity index is 2.10. The second kappa shape index (κ2) is 5.78. The van der Waals surface area contributed by atoms with E-state index in [9.17, 15) is 9.59 Å². The van der Waals surface area contributed by atoms with Gasteiger partial charge in [-0.1, -0.05) is 48.5 Å². The van der Waals surface area contributed by atoms with Crippen LogP contribution in [0.1, 0.15) is 26.3 Å². The van der Waals surface area contributed by atoms with Crippen LogP contribution in [0.5, 0.6) is 0 Å². The number of hydrogen-bond donors (Lipinski definition) is 1. The number of ketones is 1. The predicted molar refractivity (Wildman–Crippen MR) is 73.2 cm³/mol. The van der Waals surface area contributed by atoms with Crippen LogP contribution in [0.2, 0.25) is 0 Å². The van der Waals surface area contributed by atoms with Crippen molar-refractivity contribution in [2.24, 2.45) is 0 Å². The van der Waals surface area contributed by atoms with E-state index in [0.29, 0.717) is 5.56 Å². The van der Waals surface area contributed by atoms with Gasteiger partial charge in [-0.05, 0) is 23.8 Å². The highest BCUT2D eigenvalue weighted by molar-refractivity contribution is 6.06. The van der Waals surface area contributed by atoms with Crippen molar-refractivity contribution in [1.29, 1.82) is 0 Å². The highest BCUT2D eigenvalue weighted by atomic mass is 16.4. The molecule has 94 valence electrons. The topological polar surface area (TPSA) is 54.4 Å². The average molecular weight is 252 g/mol. The average Bonchev–Trinajstić information content (AvgIpc) is 2.46. The van der Waals surface area contributed by atoms with Crippen molar-refractivity contribution in [3.63, 3.8) is 0 Å². The third-order valence-corrected chi connectivity index (χ3v) is 2.64. The van der Waals surface area contributed by atoms with E-state index < -0.39 is 5.97 Å². The molecule has 2 rings (SSSR count). The van der Waals surface area contributed by atoms with E-state index in [1.165, 1.54) is 18.2 Å². The Morgan fingerprint density at radius 3 is 2.05 bits per heavy atom. The number of allylic oxidation sites excluding steroid dienone is 1. The number of rotatable bonds is 4. The van der Waals surface area contributed by atoms with Crippen molar-refractivity contribution >= 4 is 17.8 Å². The number of benzene rings is 2. The number of carboxylic acid groups (broad SMARTS) is 1. The van der Waals surface area contributed by atoms with Crippen molar-refractivity contribution in [2.75, 3.05) is 0 Å². The van der Waals surface area contributed by atoms with Crippen LogP contribution in [-0.4, -0.2) is 16.9 Å². The highest BCUT2D eigenvalue weighted by Crippen LogP contribution is 2.08. The number of carbonyl (C=O) groups excluding carboxylic acids is 1. The zero-order valence-electron chi connectivity index (χ0n) is 10.1. The van der Waals surface area contributed by atoms with Crippen molar-refractivity contribution in [3.8, 4) is 0 Å². The number of carboxylic acids is 1. The predicted octanol–water partition coefficient (Wildman–Crippen LogP) is 3.28. The molecule has 0 saturated heterocycles. The second-order valence-electron chi connectivity index (χ2n) is 3.99. The van der Waals surface area contributed by atoms with Gasteiger partial charge in [-0.15, -0.1) is 0 Å². The van der Waals surface area contributed by atoms with Crippen LogP contribution < -0.4 is 0 Å². The lowest BCUT2D eigenvalue weighted by Crippen LogP contribution is -1.95. The fraction of sp³-hybridized carbons (Fsp3) is 0. The molecule has 19 heavy (non-hydrogen) atoms. The summed E-state index contributed by atoms with van der Waals surface area (Å²) in [5.41, 5.74) is 1.64. The second-order valence-corrected chi connectivity index (χ2v) is 3.99. The van der Waals surface area contributed by atoms with Gasteiger partial charge in [-0.25, -0.2) is 4.79 Å². The Labute approximate surface area is 110 Å². The summed E-state index contributed by atoms with van der Waals surface area (Å²) in [5.74, 6) is -1.04. The molecular weight excluding hydrogens is 240 g/mol. The zero-order chi connectivity index (χ0) is 13.7. The maximum Gasteiger partial charge on any atom is 0.335 e. The van der Waals surface area contributed by atoms with Gasteiger partial charge in [0.1, 0.15) is 0 Å². The minimum Gasteiger partial charge on any atom is -0.478 e. The first kappa shape index (κ1) is 12.8. The van der Waals surface area contributed by atoms with E-state index >= 15 is 0 Å². The van der Waals surface area contributed by atoms with Gasteiger partial charge in [0.2, 0.25) is 0 Å². The zero-order valence-corrected chi connectivity index (χ0v) is 10.1. The van der Waals surface area contributed by atoms with Gasteiger partial charge in [0.15, 0.2) is 5.78 Å². The molecular formula is C16H12O3. The lowest BCUT2D eigenvalue weighted by Gasteiger charge is -1.96. The largest absolute Gasteiger partial charge is 0.478 e. The molecule has 0 fully saturated rings. The van der Waals surface area contributed by atoms with Crippen molar-refractivity contribution in [2.45, 2.75) is 0 Å². The van der Waals surface area contributed by atoms with Crippen LogP contribution in [0, 0.1) is 0 Å². The van der Waals surface area contributed by atoms with Crippen molar-refractivity contribution in [1.82, 2.24) is 0 Å². The monoisotopic (exact) mass is 252 g/mol. The van der Waals surface area contributed by atoms with Crippen LogP contribution in [0.4, 0.5) is 0 Å². The van der Waals surface area contributed by atoms with Crippen molar-refractivity contribution in [3.05, 3.63) is 77.4 Å². The Bertz CT molecular complexity index is 610. The van der Waals surface area contributed by atoms with Crippen LogP contribution in [0.3, 0.4) is 0 Å². The highest BCUT2D eigenvalue weighted by Gasteiger charge is 2.01. The normalized spacial score (nSPS) is 10.5. The first-order valence-electron chi connectivity index (χ1n) is 5.77. The molecule has 0 aromatic heterocycles. The molecule has 0 aliphatic rings. The molecule has 0 aliphatic carbocycles. The van der Waals surface area contributed by atoms with Gasteiger partial charge in [0.05, 0.1) is 5.56 Å². The smallest absolute Gasteiger partial charge is 0.335 e. The summed E-state index contributed by atoms with van der Waals surface area (Å²) < 4.78 is 0. The minimum atomic E-state index is -0.962. The number of hydrogen-bond acceptors (Lipinski definition) is 2. The van der Waals surface area contributed by atoms with Gasteiger partial charge in [-0.2, -0.15) is 0 Å². The molecule has 0 spiro atoms. The summed E-state index contributed by atoms with van der Waals surface area (Å²) >= 11 is 0. The molecule has 3 heteroatoms. The standard InChI is InChI=1S/C16H12O3/c17-15(13-4-2-1-3-5-13)11-8-12-6-9-14(10-7-12)16(18)19/h1-11H,(H,18,19). The lowest BCUT2D eigenvalue weighted by atomic mass is 10.1. The van der Waals surface area contributed by atoms with E-state index in [0.717, 1.165) is 5.56 Å². The number of carbonyl (C=O) groups is 2. The van der Waals surface area contributed by atoms with E-state index in [2.05, 4.69) is 0 Å². The summed E-state index contributed by atoms with van der Waals surface area (Å²) in [6.45, 7) is 0.